The van der Waals surface area contributed by atoms with Crippen molar-refractivity contribution in [3.05, 3.63) is 23.3 Å². The highest BCUT2D eigenvalue weighted by Crippen LogP contribution is 2.65. The Kier molecular flexibility index (Phi) is 4.20. The van der Waals surface area contributed by atoms with Gasteiger partial charge in [0.25, 0.3) is 0 Å². The molecule has 0 amide bonds. The first kappa shape index (κ1) is 18.0. The summed E-state index contributed by atoms with van der Waals surface area (Å²) in [5.74, 6) is 2.11. The first-order chi connectivity index (χ1) is 12.3. The lowest BCUT2D eigenvalue weighted by Crippen LogP contribution is -2.50. The van der Waals surface area contributed by atoms with Crippen LogP contribution in [0.15, 0.2) is 23.3 Å². The van der Waals surface area contributed by atoms with Crippen molar-refractivity contribution in [3.63, 3.8) is 0 Å². The molecule has 2 unspecified atom stereocenters. The van der Waals surface area contributed by atoms with Gasteiger partial charge in [0.1, 0.15) is 6.10 Å². The Morgan fingerprint density at radius 3 is 2.42 bits per heavy atom. The first-order valence-electron chi connectivity index (χ1n) is 10.3. The summed E-state index contributed by atoms with van der Waals surface area (Å²) in [6.45, 7) is 8.05. The third-order valence-electron chi connectivity index (χ3n) is 8.35. The van der Waals surface area contributed by atoms with E-state index < -0.39 is 0 Å². The van der Waals surface area contributed by atoms with Crippen LogP contribution < -0.4 is 0 Å². The van der Waals surface area contributed by atoms with Gasteiger partial charge < -0.3 is 4.74 Å². The summed E-state index contributed by atoms with van der Waals surface area (Å²) in [6.07, 6.45) is 12.3. The maximum absolute atomic E-state index is 12.2. The molecule has 0 radical (unpaired) electrons. The average molecular weight is 357 g/mol. The van der Waals surface area contributed by atoms with Gasteiger partial charge in [0.2, 0.25) is 0 Å². The molecule has 0 N–H and O–H groups in total. The molecular formula is C23H32O3. The van der Waals surface area contributed by atoms with Crippen LogP contribution in [-0.4, -0.2) is 17.9 Å². The molecule has 2 fully saturated rings. The number of carbonyl (C=O) groups excluding carboxylic acids is 2. The number of rotatable bonds is 2. The highest BCUT2D eigenvalue weighted by molar-refractivity contribution is 5.95. The van der Waals surface area contributed by atoms with E-state index in [4.69, 9.17) is 4.74 Å². The molecule has 0 aliphatic heterocycles. The standard InChI is InChI=1S/C23H32O3/c1-14(24)19-7-8-20-18-6-5-16-13-17(26-15(2)25)9-11-22(16,3)21(18)10-12-23(19,20)4/h5,7,17-18,20-21H,6,8-13H2,1-4H3/t17-,18?,20-,21?,22-,23+/m0/s1. The number of Topliss-reactive ketones (excluding diaryl/α,β-unsaturated/α-hetero) is 1. The van der Waals surface area contributed by atoms with E-state index >= 15 is 0 Å². The molecule has 0 heterocycles. The van der Waals surface area contributed by atoms with Crippen LogP contribution in [0, 0.1) is 28.6 Å². The summed E-state index contributed by atoms with van der Waals surface area (Å²) in [7, 11) is 0. The van der Waals surface area contributed by atoms with Crippen LogP contribution in [0.4, 0.5) is 0 Å². The summed E-state index contributed by atoms with van der Waals surface area (Å²) < 4.78 is 5.52. The third kappa shape index (κ3) is 2.53. The third-order valence-corrected chi connectivity index (χ3v) is 8.35. The Hall–Kier alpha value is -1.38. The van der Waals surface area contributed by atoms with Crippen molar-refractivity contribution < 1.29 is 14.3 Å². The lowest BCUT2D eigenvalue weighted by Gasteiger charge is -2.57. The normalized spacial score (nSPS) is 44.2. The van der Waals surface area contributed by atoms with Gasteiger partial charge in [-0.05, 0) is 79.6 Å². The van der Waals surface area contributed by atoms with Gasteiger partial charge >= 0.3 is 5.97 Å². The van der Waals surface area contributed by atoms with Crippen LogP contribution in [0.5, 0.6) is 0 Å². The molecule has 142 valence electrons. The van der Waals surface area contributed by atoms with Gasteiger partial charge in [-0.3, -0.25) is 9.59 Å². The molecule has 4 rings (SSSR count). The Labute approximate surface area is 157 Å². The molecule has 0 aromatic heterocycles. The van der Waals surface area contributed by atoms with E-state index in [0.717, 1.165) is 44.1 Å². The Morgan fingerprint density at radius 2 is 1.73 bits per heavy atom. The van der Waals surface area contributed by atoms with Gasteiger partial charge in [-0.25, -0.2) is 0 Å². The highest BCUT2D eigenvalue weighted by atomic mass is 16.5. The van der Waals surface area contributed by atoms with E-state index in [2.05, 4.69) is 26.0 Å². The second kappa shape index (κ2) is 6.07. The molecule has 3 heteroatoms. The number of ether oxygens (including phenoxy) is 1. The fourth-order valence-corrected chi connectivity index (χ4v) is 7.08. The zero-order chi connectivity index (χ0) is 18.7. The minimum Gasteiger partial charge on any atom is -0.462 e. The molecule has 26 heavy (non-hydrogen) atoms. The number of allylic oxidation sites excluding steroid dienone is 3. The van der Waals surface area contributed by atoms with Gasteiger partial charge in [-0.15, -0.1) is 0 Å². The van der Waals surface area contributed by atoms with E-state index in [9.17, 15) is 9.59 Å². The van der Waals surface area contributed by atoms with Crippen LogP contribution in [0.3, 0.4) is 0 Å². The van der Waals surface area contributed by atoms with Crippen molar-refractivity contribution in [2.75, 3.05) is 0 Å². The first-order valence-corrected chi connectivity index (χ1v) is 10.3. The Balaban J connectivity index is 1.59. The minimum atomic E-state index is -0.157. The summed E-state index contributed by atoms with van der Waals surface area (Å²) in [5, 5.41) is 0. The van der Waals surface area contributed by atoms with Gasteiger partial charge in [-0.1, -0.05) is 31.6 Å². The maximum atomic E-state index is 12.2. The Morgan fingerprint density at radius 1 is 1.00 bits per heavy atom. The summed E-state index contributed by atoms with van der Waals surface area (Å²) in [4.78, 5) is 23.5. The molecule has 0 bridgehead atoms. The number of hydrogen-bond acceptors (Lipinski definition) is 3. The second-order valence-electron chi connectivity index (χ2n) is 9.60. The largest absolute Gasteiger partial charge is 0.462 e. The Bertz CT molecular complexity index is 702. The predicted octanol–water partition coefficient (Wildman–Crippen LogP) is 5.01. The fourth-order valence-electron chi connectivity index (χ4n) is 7.08. The predicted molar refractivity (Wildman–Crippen MR) is 101 cm³/mol. The molecule has 0 aromatic carbocycles. The second-order valence-corrected chi connectivity index (χ2v) is 9.60. The minimum absolute atomic E-state index is 0.0645. The summed E-state index contributed by atoms with van der Waals surface area (Å²) in [5.41, 5.74) is 2.96. The van der Waals surface area contributed by atoms with Crippen LogP contribution in [0.1, 0.15) is 72.6 Å². The number of hydrogen-bond donors (Lipinski definition) is 0. The van der Waals surface area contributed by atoms with Crippen molar-refractivity contribution in [2.24, 2.45) is 28.6 Å². The highest BCUT2D eigenvalue weighted by Gasteiger charge is 2.57. The van der Waals surface area contributed by atoms with Gasteiger partial charge in [0, 0.05) is 13.3 Å². The molecular weight excluding hydrogens is 324 g/mol. The maximum Gasteiger partial charge on any atom is 0.302 e. The van der Waals surface area contributed by atoms with Crippen molar-refractivity contribution in [1.82, 2.24) is 0 Å². The van der Waals surface area contributed by atoms with Crippen molar-refractivity contribution in [3.8, 4) is 0 Å². The number of esters is 1. The molecule has 0 aromatic rings. The lowest BCUT2D eigenvalue weighted by molar-refractivity contribution is -0.148. The van der Waals surface area contributed by atoms with Gasteiger partial charge in [0.15, 0.2) is 5.78 Å². The summed E-state index contributed by atoms with van der Waals surface area (Å²) in [6, 6.07) is 0. The van der Waals surface area contributed by atoms with Crippen molar-refractivity contribution >= 4 is 11.8 Å². The zero-order valence-corrected chi connectivity index (χ0v) is 16.6. The number of ketones is 1. The topological polar surface area (TPSA) is 43.4 Å². The van der Waals surface area contributed by atoms with E-state index in [0.29, 0.717) is 17.8 Å². The van der Waals surface area contributed by atoms with Gasteiger partial charge in [0.05, 0.1) is 0 Å². The number of fused-ring (bicyclic) bond motifs is 5. The molecule has 2 saturated carbocycles. The molecule has 3 nitrogen and oxygen atoms in total. The SMILES string of the molecule is CC(=O)O[C@H]1CC[C@@]2(C)C(=CCC3C2CC[C@]2(C)C(C(C)=O)=CC[C@@H]32)C1. The summed E-state index contributed by atoms with van der Waals surface area (Å²) >= 11 is 0. The monoisotopic (exact) mass is 356 g/mol. The fraction of sp³-hybridized carbons (Fsp3) is 0.739. The smallest absolute Gasteiger partial charge is 0.302 e. The van der Waals surface area contributed by atoms with E-state index in [1.54, 1.807) is 6.92 Å². The van der Waals surface area contributed by atoms with E-state index in [1.807, 2.05) is 0 Å². The zero-order valence-electron chi connectivity index (χ0n) is 16.6. The van der Waals surface area contributed by atoms with Gasteiger partial charge in [-0.2, -0.15) is 0 Å². The van der Waals surface area contributed by atoms with E-state index in [1.165, 1.54) is 18.9 Å². The molecule has 0 saturated heterocycles. The quantitative estimate of drug-likeness (QED) is 0.516. The molecule has 6 atom stereocenters. The van der Waals surface area contributed by atoms with Crippen LogP contribution in [0.2, 0.25) is 0 Å². The molecule has 4 aliphatic carbocycles. The number of carbonyl (C=O) groups is 2. The van der Waals surface area contributed by atoms with Crippen LogP contribution in [0.25, 0.3) is 0 Å². The van der Waals surface area contributed by atoms with Crippen molar-refractivity contribution in [1.29, 1.82) is 0 Å². The van der Waals surface area contributed by atoms with Crippen molar-refractivity contribution in [2.45, 2.75) is 78.7 Å². The van der Waals surface area contributed by atoms with Crippen LogP contribution in [-0.2, 0) is 14.3 Å². The molecule has 4 aliphatic rings. The van der Waals surface area contributed by atoms with Crippen LogP contribution >= 0.6 is 0 Å². The molecule has 0 spiro atoms. The average Bonchev–Trinajstić information content (AvgIpc) is 2.92. The van der Waals surface area contributed by atoms with E-state index in [-0.39, 0.29) is 28.7 Å². The lowest BCUT2D eigenvalue weighted by atomic mass is 9.47.